The number of aliphatic imine (C=N–C) groups is 1. The number of guanidine groups is 1. The molecular formula is C23H39IN4O4. The average molecular weight is 562 g/mol. The number of alkyl carbamates (subject to hydrolysis) is 1. The van der Waals surface area contributed by atoms with Crippen molar-refractivity contribution in [1.29, 1.82) is 0 Å². The summed E-state index contributed by atoms with van der Waals surface area (Å²) in [6.07, 6.45) is 1.62. The molecular weight excluding hydrogens is 523 g/mol. The Morgan fingerprint density at radius 1 is 1.25 bits per heavy atom. The average Bonchev–Trinajstić information content (AvgIpc) is 3.23. The minimum absolute atomic E-state index is 0. The van der Waals surface area contributed by atoms with Gasteiger partial charge in [-0.1, -0.05) is 30.3 Å². The highest BCUT2D eigenvalue weighted by molar-refractivity contribution is 14.0. The number of ether oxygens (including phenoxy) is 3. The Hall–Kier alpha value is -1.59. The van der Waals surface area contributed by atoms with Crippen molar-refractivity contribution < 1.29 is 19.0 Å². The first-order chi connectivity index (χ1) is 14.9. The third-order valence-corrected chi connectivity index (χ3v) is 4.52. The fourth-order valence-electron chi connectivity index (χ4n) is 3.07. The fraction of sp³-hybridized carbons (Fsp3) is 0.652. The molecule has 1 aromatic rings. The molecule has 2 atom stereocenters. The predicted octanol–water partition coefficient (Wildman–Crippen LogP) is 3.62. The number of hydrogen-bond acceptors (Lipinski definition) is 5. The molecule has 1 fully saturated rings. The molecule has 0 spiro atoms. The molecule has 9 heteroatoms. The molecule has 3 N–H and O–H groups in total. The summed E-state index contributed by atoms with van der Waals surface area (Å²) in [5, 5.41) is 9.51. The quantitative estimate of drug-likeness (QED) is 0.175. The number of halogens is 1. The first-order valence-corrected chi connectivity index (χ1v) is 11.1. The molecule has 8 nitrogen and oxygen atoms in total. The molecule has 1 saturated heterocycles. The predicted molar refractivity (Wildman–Crippen MR) is 138 cm³/mol. The molecule has 0 radical (unpaired) electrons. The minimum Gasteiger partial charge on any atom is -0.444 e. The molecule has 0 saturated carbocycles. The van der Waals surface area contributed by atoms with Gasteiger partial charge in [0.2, 0.25) is 0 Å². The van der Waals surface area contributed by atoms with Crippen LogP contribution in [0.3, 0.4) is 0 Å². The van der Waals surface area contributed by atoms with Gasteiger partial charge < -0.3 is 30.2 Å². The molecule has 2 unspecified atom stereocenters. The van der Waals surface area contributed by atoms with Gasteiger partial charge in [-0.25, -0.2) is 4.79 Å². The summed E-state index contributed by atoms with van der Waals surface area (Å²) in [6.45, 7) is 11.6. The van der Waals surface area contributed by atoms with Crippen LogP contribution in [0.4, 0.5) is 4.79 Å². The Balaban J connectivity index is 0.00000512. The van der Waals surface area contributed by atoms with Crippen molar-refractivity contribution in [2.24, 2.45) is 4.99 Å². The van der Waals surface area contributed by atoms with Crippen LogP contribution in [0.2, 0.25) is 0 Å². The zero-order valence-corrected chi connectivity index (χ0v) is 22.0. The number of carbonyl (C=O) groups is 1. The van der Waals surface area contributed by atoms with Crippen molar-refractivity contribution >= 4 is 36.0 Å². The van der Waals surface area contributed by atoms with Crippen molar-refractivity contribution in [3.63, 3.8) is 0 Å². The maximum atomic E-state index is 12.3. The highest BCUT2D eigenvalue weighted by Gasteiger charge is 2.20. The molecule has 1 heterocycles. The Morgan fingerprint density at radius 2 is 2.00 bits per heavy atom. The highest BCUT2D eigenvalue weighted by Crippen LogP contribution is 2.15. The van der Waals surface area contributed by atoms with E-state index in [1.165, 1.54) is 0 Å². The SMILES string of the molecule is CCNC(=NCC(NC(=O)OC(C)(C)C)c1ccccc1)NCCCOC1CCOC1.I. The lowest BCUT2D eigenvalue weighted by molar-refractivity contribution is 0.0419. The molecule has 182 valence electrons. The van der Waals surface area contributed by atoms with E-state index in [2.05, 4.69) is 20.9 Å². The van der Waals surface area contributed by atoms with Crippen molar-refractivity contribution in [3.8, 4) is 0 Å². The molecule has 1 aromatic carbocycles. The van der Waals surface area contributed by atoms with E-state index >= 15 is 0 Å². The van der Waals surface area contributed by atoms with Gasteiger partial charge in [0.1, 0.15) is 5.60 Å². The second kappa shape index (κ2) is 15.3. The van der Waals surface area contributed by atoms with Crippen molar-refractivity contribution in [2.45, 2.75) is 58.3 Å². The third kappa shape index (κ3) is 11.9. The van der Waals surface area contributed by atoms with E-state index < -0.39 is 11.7 Å². The normalized spacial score (nSPS) is 17.2. The summed E-state index contributed by atoms with van der Waals surface area (Å²) in [4.78, 5) is 17.0. The van der Waals surface area contributed by atoms with Crippen LogP contribution < -0.4 is 16.0 Å². The number of carbonyl (C=O) groups excluding carboxylic acids is 1. The Bertz CT molecular complexity index is 676. The topological polar surface area (TPSA) is 93.2 Å². The summed E-state index contributed by atoms with van der Waals surface area (Å²) in [5.41, 5.74) is 0.415. The lowest BCUT2D eigenvalue weighted by atomic mass is 10.1. The van der Waals surface area contributed by atoms with Gasteiger partial charge in [-0.2, -0.15) is 0 Å². The fourth-order valence-corrected chi connectivity index (χ4v) is 3.07. The van der Waals surface area contributed by atoms with E-state index in [1.54, 1.807) is 0 Å². The van der Waals surface area contributed by atoms with Crippen LogP contribution in [0.25, 0.3) is 0 Å². The van der Waals surface area contributed by atoms with E-state index in [-0.39, 0.29) is 36.1 Å². The van der Waals surface area contributed by atoms with Crippen LogP contribution >= 0.6 is 24.0 Å². The molecule has 0 aromatic heterocycles. The van der Waals surface area contributed by atoms with Crippen LogP contribution in [-0.4, -0.2) is 63.2 Å². The second-order valence-corrected chi connectivity index (χ2v) is 8.47. The summed E-state index contributed by atoms with van der Waals surface area (Å²) in [7, 11) is 0. The lowest BCUT2D eigenvalue weighted by Crippen LogP contribution is -2.40. The summed E-state index contributed by atoms with van der Waals surface area (Å²) >= 11 is 0. The summed E-state index contributed by atoms with van der Waals surface area (Å²) in [5.74, 6) is 0.707. The summed E-state index contributed by atoms with van der Waals surface area (Å²) < 4.78 is 16.5. The van der Waals surface area contributed by atoms with Gasteiger partial charge in [0.05, 0.1) is 25.3 Å². The first kappa shape index (κ1) is 28.4. The van der Waals surface area contributed by atoms with Gasteiger partial charge in [-0.05, 0) is 46.1 Å². The number of hydrogen-bond donors (Lipinski definition) is 3. The molecule has 1 aliphatic rings. The minimum atomic E-state index is -0.558. The van der Waals surface area contributed by atoms with Crippen LogP contribution in [0.15, 0.2) is 35.3 Å². The van der Waals surface area contributed by atoms with Gasteiger partial charge in [-0.15, -0.1) is 24.0 Å². The Kier molecular flexibility index (Phi) is 13.6. The van der Waals surface area contributed by atoms with Gasteiger partial charge in [0.25, 0.3) is 0 Å². The standard InChI is InChI=1S/C23H38N4O4.HI/c1-5-24-21(25-13-9-14-30-19-12-15-29-17-19)26-16-20(18-10-7-6-8-11-18)27-22(28)31-23(2,3)4;/h6-8,10-11,19-20H,5,9,12-17H2,1-4H3,(H,27,28)(H2,24,25,26);1H. The van der Waals surface area contributed by atoms with Crippen molar-refractivity contribution in [1.82, 2.24) is 16.0 Å². The number of rotatable bonds is 10. The van der Waals surface area contributed by atoms with Crippen LogP contribution in [0, 0.1) is 0 Å². The maximum absolute atomic E-state index is 12.3. The molecule has 1 aliphatic heterocycles. The molecule has 1 amide bonds. The van der Waals surface area contributed by atoms with E-state index in [9.17, 15) is 4.79 Å². The maximum Gasteiger partial charge on any atom is 0.408 e. The van der Waals surface area contributed by atoms with Gasteiger partial charge in [-0.3, -0.25) is 4.99 Å². The Morgan fingerprint density at radius 3 is 2.62 bits per heavy atom. The van der Waals surface area contributed by atoms with E-state index in [0.717, 1.165) is 38.1 Å². The van der Waals surface area contributed by atoms with Crippen LogP contribution in [-0.2, 0) is 14.2 Å². The number of amides is 1. The largest absolute Gasteiger partial charge is 0.444 e. The first-order valence-electron chi connectivity index (χ1n) is 11.1. The number of nitrogens with one attached hydrogen (secondary N) is 3. The molecule has 2 rings (SSSR count). The smallest absolute Gasteiger partial charge is 0.408 e. The van der Waals surface area contributed by atoms with E-state index in [4.69, 9.17) is 14.2 Å². The molecule has 0 aliphatic carbocycles. The van der Waals surface area contributed by atoms with Gasteiger partial charge in [0.15, 0.2) is 5.96 Å². The van der Waals surface area contributed by atoms with E-state index in [1.807, 2.05) is 58.0 Å². The van der Waals surface area contributed by atoms with Gasteiger partial charge >= 0.3 is 6.09 Å². The number of benzene rings is 1. The molecule has 0 bridgehead atoms. The summed E-state index contributed by atoms with van der Waals surface area (Å²) in [6, 6.07) is 9.49. The third-order valence-electron chi connectivity index (χ3n) is 4.52. The number of nitrogens with zero attached hydrogens (tertiary/aromatic N) is 1. The highest BCUT2D eigenvalue weighted by atomic mass is 127. The zero-order valence-electron chi connectivity index (χ0n) is 19.7. The van der Waals surface area contributed by atoms with Gasteiger partial charge in [0, 0.05) is 26.3 Å². The van der Waals surface area contributed by atoms with E-state index in [0.29, 0.717) is 25.7 Å². The van der Waals surface area contributed by atoms with Crippen molar-refractivity contribution in [3.05, 3.63) is 35.9 Å². The zero-order chi connectivity index (χ0) is 22.5. The van der Waals surface area contributed by atoms with Crippen LogP contribution in [0.1, 0.15) is 52.1 Å². The monoisotopic (exact) mass is 562 g/mol. The van der Waals surface area contributed by atoms with Crippen LogP contribution in [0.5, 0.6) is 0 Å². The Labute approximate surface area is 209 Å². The molecule has 32 heavy (non-hydrogen) atoms. The van der Waals surface area contributed by atoms with Crippen molar-refractivity contribution in [2.75, 3.05) is 39.5 Å². The lowest BCUT2D eigenvalue weighted by Gasteiger charge is -2.23. The second-order valence-electron chi connectivity index (χ2n) is 8.47.